The third kappa shape index (κ3) is 3.44. The standard InChI is InChI=1S/C20H18FN3O3/c1-2-20(15-9-4-3-5-10-15)18(26)24(19(27)22-20)23-17(25)13-12-14-8-6-7-11-16(14)21/h3-13H,2H2,1H3,(H,22,27)(H,23,25)/b13-12+/t20-/m1/s1. The molecular weight excluding hydrogens is 349 g/mol. The number of imide groups is 1. The maximum absolute atomic E-state index is 13.6. The van der Waals surface area contributed by atoms with Gasteiger partial charge in [0.15, 0.2) is 0 Å². The van der Waals surface area contributed by atoms with Crippen LogP contribution in [-0.4, -0.2) is 22.9 Å². The summed E-state index contributed by atoms with van der Waals surface area (Å²) in [5.41, 5.74) is 1.86. The fourth-order valence-corrected chi connectivity index (χ4v) is 2.96. The van der Waals surface area contributed by atoms with Crippen LogP contribution >= 0.6 is 0 Å². The molecule has 1 aliphatic heterocycles. The quantitative estimate of drug-likeness (QED) is 0.630. The summed E-state index contributed by atoms with van der Waals surface area (Å²) in [6.07, 6.45) is 2.65. The molecule has 2 aromatic carbocycles. The average Bonchev–Trinajstić information content (AvgIpc) is 2.93. The highest BCUT2D eigenvalue weighted by atomic mass is 19.1. The van der Waals surface area contributed by atoms with E-state index in [1.807, 2.05) is 0 Å². The van der Waals surface area contributed by atoms with Gasteiger partial charge in [0.2, 0.25) is 0 Å². The van der Waals surface area contributed by atoms with Crippen molar-refractivity contribution in [2.24, 2.45) is 0 Å². The van der Waals surface area contributed by atoms with E-state index < -0.39 is 29.2 Å². The van der Waals surface area contributed by atoms with Crippen molar-refractivity contribution in [3.63, 3.8) is 0 Å². The number of halogens is 1. The van der Waals surface area contributed by atoms with E-state index in [1.54, 1.807) is 43.3 Å². The first-order valence-corrected chi connectivity index (χ1v) is 8.43. The van der Waals surface area contributed by atoms with Gasteiger partial charge in [-0.1, -0.05) is 55.5 Å². The molecule has 1 heterocycles. The monoisotopic (exact) mass is 367 g/mol. The zero-order valence-corrected chi connectivity index (χ0v) is 14.6. The third-order valence-electron chi connectivity index (χ3n) is 4.43. The van der Waals surface area contributed by atoms with Crippen molar-refractivity contribution >= 4 is 23.9 Å². The van der Waals surface area contributed by atoms with Crippen LogP contribution < -0.4 is 10.7 Å². The molecular formula is C20H18FN3O3. The lowest BCUT2D eigenvalue weighted by molar-refractivity contribution is -0.138. The molecule has 138 valence electrons. The van der Waals surface area contributed by atoms with Crippen molar-refractivity contribution in [1.82, 2.24) is 15.8 Å². The third-order valence-corrected chi connectivity index (χ3v) is 4.43. The van der Waals surface area contributed by atoms with Gasteiger partial charge in [0.25, 0.3) is 11.8 Å². The van der Waals surface area contributed by atoms with Crippen LogP contribution in [0.25, 0.3) is 6.08 Å². The fourth-order valence-electron chi connectivity index (χ4n) is 2.96. The summed E-state index contributed by atoms with van der Waals surface area (Å²) in [7, 11) is 0. The van der Waals surface area contributed by atoms with Crippen molar-refractivity contribution in [3.8, 4) is 0 Å². The Balaban J connectivity index is 1.78. The van der Waals surface area contributed by atoms with Gasteiger partial charge in [-0.3, -0.25) is 15.0 Å². The molecule has 7 heteroatoms. The Hall–Kier alpha value is -3.48. The van der Waals surface area contributed by atoms with Crippen molar-refractivity contribution in [2.75, 3.05) is 0 Å². The predicted octanol–water partition coefficient (Wildman–Crippen LogP) is 2.73. The molecule has 4 amide bonds. The lowest BCUT2D eigenvalue weighted by Gasteiger charge is -2.25. The van der Waals surface area contributed by atoms with Crippen LogP contribution in [0.4, 0.5) is 9.18 Å². The second-order valence-electron chi connectivity index (χ2n) is 6.03. The molecule has 2 N–H and O–H groups in total. The maximum Gasteiger partial charge on any atom is 0.344 e. The molecule has 0 aliphatic carbocycles. The number of nitrogens with one attached hydrogen (secondary N) is 2. The predicted molar refractivity (Wildman–Crippen MR) is 97.4 cm³/mol. The maximum atomic E-state index is 13.6. The summed E-state index contributed by atoms with van der Waals surface area (Å²) in [6.45, 7) is 1.77. The van der Waals surface area contributed by atoms with Gasteiger partial charge in [0.1, 0.15) is 11.4 Å². The molecule has 0 unspecified atom stereocenters. The SMILES string of the molecule is CC[C@]1(c2ccccc2)NC(=O)N(NC(=O)/C=C/c2ccccc2F)C1=O. The number of hydrogen-bond donors (Lipinski definition) is 2. The van der Waals surface area contributed by atoms with Gasteiger partial charge in [-0.05, 0) is 24.1 Å². The number of urea groups is 1. The summed E-state index contributed by atoms with van der Waals surface area (Å²) in [5.74, 6) is -1.78. The van der Waals surface area contributed by atoms with E-state index in [2.05, 4.69) is 10.7 Å². The van der Waals surface area contributed by atoms with Gasteiger partial charge in [-0.15, -0.1) is 0 Å². The normalized spacial score (nSPS) is 19.4. The molecule has 6 nitrogen and oxygen atoms in total. The highest BCUT2D eigenvalue weighted by Crippen LogP contribution is 2.31. The second kappa shape index (κ2) is 7.41. The molecule has 27 heavy (non-hydrogen) atoms. The summed E-state index contributed by atoms with van der Waals surface area (Å²) in [4.78, 5) is 37.3. The number of hydrazine groups is 1. The second-order valence-corrected chi connectivity index (χ2v) is 6.03. The highest BCUT2D eigenvalue weighted by molar-refractivity contribution is 6.09. The van der Waals surface area contributed by atoms with Gasteiger partial charge in [-0.25, -0.2) is 9.18 Å². The lowest BCUT2D eigenvalue weighted by Crippen LogP contribution is -2.48. The zero-order valence-electron chi connectivity index (χ0n) is 14.6. The summed E-state index contributed by atoms with van der Waals surface area (Å²) >= 11 is 0. The van der Waals surface area contributed by atoms with Gasteiger partial charge in [0.05, 0.1) is 0 Å². The number of rotatable bonds is 5. The van der Waals surface area contributed by atoms with Gasteiger partial charge in [0, 0.05) is 11.6 Å². The largest absolute Gasteiger partial charge is 0.344 e. The van der Waals surface area contributed by atoms with E-state index in [0.717, 1.165) is 6.08 Å². The Bertz CT molecular complexity index is 914. The van der Waals surface area contributed by atoms with Crippen LogP contribution in [0.15, 0.2) is 60.7 Å². The molecule has 1 fully saturated rings. The highest BCUT2D eigenvalue weighted by Gasteiger charge is 2.52. The van der Waals surface area contributed by atoms with E-state index in [0.29, 0.717) is 17.0 Å². The van der Waals surface area contributed by atoms with Crippen molar-refractivity contribution in [3.05, 3.63) is 77.6 Å². The Labute approximate surface area is 155 Å². The smallest absolute Gasteiger partial charge is 0.318 e. The molecule has 0 radical (unpaired) electrons. The molecule has 0 saturated carbocycles. The number of carbonyl (C=O) groups is 3. The minimum atomic E-state index is -1.24. The fraction of sp³-hybridized carbons (Fsp3) is 0.150. The summed E-state index contributed by atoms with van der Waals surface area (Å²) in [6, 6.07) is 14.0. The average molecular weight is 367 g/mol. The van der Waals surface area contributed by atoms with Crippen molar-refractivity contribution < 1.29 is 18.8 Å². The van der Waals surface area contributed by atoms with Gasteiger partial charge >= 0.3 is 6.03 Å². The number of nitrogens with zero attached hydrogens (tertiary/aromatic N) is 1. The summed E-state index contributed by atoms with van der Waals surface area (Å²) < 4.78 is 13.6. The van der Waals surface area contributed by atoms with E-state index >= 15 is 0 Å². The minimum absolute atomic E-state index is 0.219. The Morgan fingerprint density at radius 2 is 1.81 bits per heavy atom. The van der Waals surface area contributed by atoms with Crippen LogP contribution in [0.2, 0.25) is 0 Å². The molecule has 1 atom stereocenters. The molecule has 0 spiro atoms. The minimum Gasteiger partial charge on any atom is -0.318 e. The van der Waals surface area contributed by atoms with E-state index in [4.69, 9.17) is 0 Å². The molecule has 0 aromatic heterocycles. The van der Waals surface area contributed by atoms with Gasteiger partial charge in [-0.2, -0.15) is 5.01 Å². The molecule has 1 saturated heterocycles. The van der Waals surface area contributed by atoms with Crippen LogP contribution in [-0.2, 0) is 15.1 Å². The van der Waals surface area contributed by atoms with Crippen LogP contribution in [0.5, 0.6) is 0 Å². The van der Waals surface area contributed by atoms with E-state index in [9.17, 15) is 18.8 Å². The first-order valence-electron chi connectivity index (χ1n) is 8.43. The Morgan fingerprint density at radius 3 is 2.48 bits per heavy atom. The Kier molecular flexibility index (Phi) is 5.03. The van der Waals surface area contributed by atoms with Crippen LogP contribution in [0.3, 0.4) is 0 Å². The number of benzene rings is 2. The zero-order chi connectivity index (χ0) is 19.4. The number of hydrogen-bond acceptors (Lipinski definition) is 3. The van der Waals surface area contributed by atoms with Crippen molar-refractivity contribution in [1.29, 1.82) is 0 Å². The summed E-state index contributed by atoms with van der Waals surface area (Å²) in [5, 5.41) is 3.32. The molecule has 3 rings (SSSR count). The van der Waals surface area contributed by atoms with Crippen LogP contribution in [0.1, 0.15) is 24.5 Å². The van der Waals surface area contributed by atoms with Gasteiger partial charge < -0.3 is 5.32 Å². The number of amides is 4. The lowest BCUT2D eigenvalue weighted by atomic mass is 9.87. The Morgan fingerprint density at radius 1 is 1.15 bits per heavy atom. The number of carbonyl (C=O) groups excluding carboxylic acids is 3. The van der Waals surface area contributed by atoms with Crippen LogP contribution in [0, 0.1) is 5.82 Å². The van der Waals surface area contributed by atoms with E-state index in [-0.39, 0.29) is 5.56 Å². The van der Waals surface area contributed by atoms with Crippen molar-refractivity contribution in [2.45, 2.75) is 18.9 Å². The molecule has 0 bridgehead atoms. The first-order chi connectivity index (χ1) is 13.0. The molecule has 2 aromatic rings. The van der Waals surface area contributed by atoms with E-state index in [1.165, 1.54) is 24.3 Å². The first kappa shape index (κ1) is 18.3. The topological polar surface area (TPSA) is 78.5 Å². The molecule has 1 aliphatic rings.